The molecule has 1 aromatic carbocycles. The quantitative estimate of drug-likeness (QED) is 0.756. The average Bonchev–Trinajstić information content (AvgIpc) is 2.64. The van der Waals surface area contributed by atoms with Gasteiger partial charge in [0.05, 0.1) is 13.2 Å². The minimum atomic E-state index is -0.357. The van der Waals surface area contributed by atoms with Crippen molar-refractivity contribution < 1.29 is 13.9 Å². The highest BCUT2D eigenvalue weighted by atomic mass is 35.5. The molecular weight excluding hydrogens is 207 g/mol. The van der Waals surface area contributed by atoms with E-state index in [4.69, 9.17) is 21.1 Å². The summed E-state index contributed by atoms with van der Waals surface area (Å²) in [6, 6.07) is 4.63. The molecule has 0 atom stereocenters. The van der Waals surface area contributed by atoms with Crippen LogP contribution < -0.4 is 0 Å². The van der Waals surface area contributed by atoms with Gasteiger partial charge in [-0.3, -0.25) is 0 Å². The molecule has 0 radical (unpaired) electrons. The molecule has 1 fully saturated rings. The lowest BCUT2D eigenvalue weighted by Gasteiger charge is -2.10. The van der Waals surface area contributed by atoms with Crippen LogP contribution in [0.4, 0.5) is 4.39 Å². The summed E-state index contributed by atoms with van der Waals surface area (Å²) >= 11 is 5.86. The van der Waals surface area contributed by atoms with Crippen LogP contribution in [0.25, 0.3) is 0 Å². The van der Waals surface area contributed by atoms with E-state index in [0.29, 0.717) is 30.2 Å². The summed E-state index contributed by atoms with van der Waals surface area (Å²) in [6.45, 7) is 1.13. The highest BCUT2D eigenvalue weighted by molar-refractivity contribution is 6.31. The Morgan fingerprint density at radius 1 is 1.36 bits per heavy atom. The lowest BCUT2D eigenvalue weighted by atomic mass is 10.1. The van der Waals surface area contributed by atoms with Gasteiger partial charge in [-0.2, -0.15) is 0 Å². The molecule has 0 spiro atoms. The lowest BCUT2D eigenvalue weighted by Crippen LogP contribution is -2.12. The maximum Gasteiger partial charge on any atom is 0.161 e. The predicted octanol–water partition coefficient (Wildman–Crippen LogP) is 2.39. The molecule has 1 aliphatic heterocycles. The Kier molecular flexibility index (Phi) is 3.01. The molecule has 0 N–H and O–H groups in total. The third-order valence-corrected chi connectivity index (χ3v) is 2.48. The molecule has 76 valence electrons. The van der Waals surface area contributed by atoms with Gasteiger partial charge < -0.3 is 9.47 Å². The maximum atomic E-state index is 13.3. The van der Waals surface area contributed by atoms with Gasteiger partial charge in [0.25, 0.3) is 0 Å². The van der Waals surface area contributed by atoms with E-state index < -0.39 is 0 Å². The van der Waals surface area contributed by atoms with E-state index >= 15 is 0 Å². The van der Waals surface area contributed by atoms with Gasteiger partial charge in [-0.1, -0.05) is 17.7 Å². The Balaban J connectivity index is 2.14. The van der Waals surface area contributed by atoms with Crippen LogP contribution in [0.15, 0.2) is 18.2 Å². The van der Waals surface area contributed by atoms with Gasteiger partial charge in [-0.05, 0) is 12.1 Å². The van der Waals surface area contributed by atoms with Gasteiger partial charge in [-0.25, -0.2) is 4.39 Å². The Labute approximate surface area is 86.6 Å². The third-order valence-electron chi connectivity index (χ3n) is 2.12. The van der Waals surface area contributed by atoms with Crippen LogP contribution in [0.1, 0.15) is 5.56 Å². The summed E-state index contributed by atoms with van der Waals surface area (Å²) in [5.41, 5.74) is 0.459. The summed E-state index contributed by atoms with van der Waals surface area (Å²) in [7, 11) is 0. The number of rotatable bonds is 2. The van der Waals surface area contributed by atoms with Crippen LogP contribution in [0, 0.1) is 5.82 Å². The molecular formula is C10H10ClFO2. The zero-order chi connectivity index (χ0) is 9.97. The van der Waals surface area contributed by atoms with Crippen LogP contribution in [0.2, 0.25) is 5.02 Å². The van der Waals surface area contributed by atoms with Crippen molar-refractivity contribution in [1.82, 2.24) is 0 Å². The molecule has 1 aliphatic rings. The average molecular weight is 217 g/mol. The first-order valence-corrected chi connectivity index (χ1v) is 4.81. The van der Waals surface area contributed by atoms with Crippen molar-refractivity contribution in [3.63, 3.8) is 0 Å². The molecule has 1 saturated heterocycles. The maximum absolute atomic E-state index is 13.3. The largest absolute Gasteiger partial charge is 0.350 e. The molecule has 0 aromatic heterocycles. The van der Waals surface area contributed by atoms with Crippen molar-refractivity contribution in [2.45, 2.75) is 12.7 Å². The van der Waals surface area contributed by atoms with E-state index in [1.54, 1.807) is 12.1 Å². The van der Waals surface area contributed by atoms with Crippen molar-refractivity contribution in [3.8, 4) is 0 Å². The normalized spacial score (nSPS) is 17.6. The molecule has 4 heteroatoms. The second-order valence-corrected chi connectivity index (χ2v) is 3.48. The molecule has 0 aliphatic carbocycles. The predicted molar refractivity (Wildman–Crippen MR) is 50.8 cm³/mol. The molecule has 0 amide bonds. The van der Waals surface area contributed by atoms with E-state index in [1.807, 2.05) is 0 Å². The van der Waals surface area contributed by atoms with Gasteiger partial charge in [0.1, 0.15) is 5.82 Å². The van der Waals surface area contributed by atoms with Crippen LogP contribution in [0.5, 0.6) is 0 Å². The molecule has 2 nitrogen and oxygen atoms in total. The number of hydrogen-bond acceptors (Lipinski definition) is 2. The third kappa shape index (κ3) is 2.05. The zero-order valence-electron chi connectivity index (χ0n) is 7.50. The summed E-state index contributed by atoms with van der Waals surface area (Å²) in [5.74, 6) is -0.309. The summed E-state index contributed by atoms with van der Waals surface area (Å²) in [5, 5.41) is 0.420. The van der Waals surface area contributed by atoms with Crippen molar-refractivity contribution >= 4 is 11.6 Å². The monoisotopic (exact) mass is 216 g/mol. The Bertz CT molecular complexity index is 304. The first kappa shape index (κ1) is 9.90. The highest BCUT2D eigenvalue weighted by Crippen LogP contribution is 2.22. The van der Waals surface area contributed by atoms with E-state index in [0.717, 1.165) is 0 Å². The van der Waals surface area contributed by atoms with Crippen LogP contribution in [0.3, 0.4) is 0 Å². The molecule has 0 bridgehead atoms. The van der Waals surface area contributed by atoms with Gasteiger partial charge in [0.15, 0.2) is 6.29 Å². The fraction of sp³-hybridized carbons (Fsp3) is 0.400. The minimum absolute atomic E-state index is 0.309. The molecule has 1 aromatic rings. The molecule has 1 heterocycles. The highest BCUT2D eigenvalue weighted by Gasteiger charge is 2.19. The van der Waals surface area contributed by atoms with Crippen molar-refractivity contribution in [1.29, 1.82) is 0 Å². The molecule has 14 heavy (non-hydrogen) atoms. The first-order chi connectivity index (χ1) is 6.77. The number of hydrogen-bond donors (Lipinski definition) is 0. The van der Waals surface area contributed by atoms with Gasteiger partial charge in [-0.15, -0.1) is 0 Å². The molecule has 0 unspecified atom stereocenters. The fourth-order valence-corrected chi connectivity index (χ4v) is 1.66. The molecule has 0 saturated carbocycles. The van der Waals surface area contributed by atoms with Crippen molar-refractivity contribution in [3.05, 3.63) is 34.6 Å². The number of halogens is 2. The summed E-state index contributed by atoms with van der Waals surface area (Å²) < 4.78 is 23.7. The second-order valence-electron chi connectivity index (χ2n) is 3.08. The van der Waals surface area contributed by atoms with E-state index in [-0.39, 0.29) is 12.1 Å². The lowest BCUT2D eigenvalue weighted by molar-refractivity contribution is -0.0404. The number of ether oxygens (including phenoxy) is 2. The Hall–Kier alpha value is -0.640. The smallest absolute Gasteiger partial charge is 0.161 e. The van der Waals surface area contributed by atoms with Gasteiger partial charge in [0.2, 0.25) is 0 Å². The standard InChI is InChI=1S/C10H10ClFO2/c11-8-2-1-3-9(12)7(8)6-10-13-4-5-14-10/h1-3,10H,4-6H2. The van der Waals surface area contributed by atoms with Gasteiger partial charge in [0, 0.05) is 17.0 Å². The van der Waals surface area contributed by atoms with Crippen molar-refractivity contribution in [2.24, 2.45) is 0 Å². The van der Waals surface area contributed by atoms with Crippen LogP contribution >= 0.6 is 11.6 Å². The summed E-state index contributed by atoms with van der Waals surface area (Å²) in [4.78, 5) is 0. The first-order valence-electron chi connectivity index (χ1n) is 4.43. The minimum Gasteiger partial charge on any atom is -0.350 e. The van der Waals surface area contributed by atoms with E-state index in [2.05, 4.69) is 0 Å². The van der Waals surface area contributed by atoms with Crippen LogP contribution in [-0.4, -0.2) is 19.5 Å². The van der Waals surface area contributed by atoms with Crippen molar-refractivity contribution in [2.75, 3.05) is 13.2 Å². The Morgan fingerprint density at radius 2 is 2.07 bits per heavy atom. The summed E-state index contributed by atoms with van der Waals surface area (Å²) in [6.07, 6.45) is 0.00954. The topological polar surface area (TPSA) is 18.5 Å². The van der Waals surface area contributed by atoms with E-state index in [9.17, 15) is 4.39 Å². The second kappa shape index (κ2) is 4.26. The molecule has 2 rings (SSSR count). The number of benzene rings is 1. The zero-order valence-corrected chi connectivity index (χ0v) is 8.26. The van der Waals surface area contributed by atoms with E-state index in [1.165, 1.54) is 6.07 Å². The van der Waals surface area contributed by atoms with Gasteiger partial charge >= 0.3 is 0 Å². The Morgan fingerprint density at radius 3 is 2.71 bits per heavy atom. The van der Waals surface area contributed by atoms with Crippen LogP contribution in [-0.2, 0) is 15.9 Å². The SMILES string of the molecule is Fc1cccc(Cl)c1CC1OCCO1. The fourth-order valence-electron chi connectivity index (χ4n) is 1.42.